The molecule has 0 aromatic heterocycles. The van der Waals surface area contributed by atoms with Crippen molar-refractivity contribution in [1.82, 2.24) is 10.2 Å². The lowest BCUT2D eigenvalue weighted by Gasteiger charge is -2.23. The van der Waals surface area contributed by atoms with Gasteiger partial charge in [0.15, 0.2) is 0 Å². The van der Waals surface area contributed by atoms with Crippen molar-refractivity contribution in [1.29, 1.82) is 0 Å². The summed E-state index contributed by atoms with van der Waals surface area (Å²) in [7, 11) is 1.58. The van der Waals surface area contributed by atoms with E-state index in [1.165, 1.54) is 37.7 Å². The molecule has 0 saturated heterocycles. The molecular formula is C18H26N2O2. The van der Waals surface area contributed by atoms with Gasteiger partial charge in [-0.1, -0.05) is 31.4 Å². The number of carbonyl (C=O) groups excluding carboxylic acids is 2. The van der Waals surface area contributed by atoms with Gasteiger partial charge < -0.3 is 10.2 Å². The number of amides is 2. The summed E-state index contributed by atoms with van der Waals surface area (Å²) in [5, 5.41) is 2.56. The van der Waals surface area contributed by atoms with Gasteiger partial charge in [-0.25, -0.2) is 0 Å². The first kappa shape index (κ1) is 16.5. The Morgan fingerprint density at radius 2 is 1.77 bits per heavy atom. The highest BCUT2D eigenvalue weighted by Crippen LogP contribution is 2.32. The average Bonchev–Trinajstić information content (AvgIpc) is 2.59. The molecule has 1 aliphatic rings. The van der Waals surface area contributed by atoms with E-state index in [1.807, 2.05) is 19.1 Å². The Morgan fingerprint density at radius 1 is 1.14 bits per heavy atom. The Balaban J connectivity index is 2.04. The lowest BCUT2D eigenvalue weighted by Crippen LogP contribution is -2.39. The summed E-state index contributed by atoms with van der Waals surface area (Å²) in [6, 6.07) is 7.96. The monoisotopic (exact) mass is 302 g/mol. The lowest BCUT2D eigenvalue weighted by atomic mass is 9.84. The van der Waals surface area contributed by atoms with E-state index >= 15 is 0 Å². The molecule has 0 atom stereocenters. The Morgan fingerprint density at radius 3 is 2.32 bits per heavy atom. The standard InChI is InChI=1S/C18H26N2O2/c1-3-20(13-17(21)19-2)18(22)16-11-9-15(10-12-16)14-7-5-4-6-8-14/h9-12,14H,3-8,13H2,1-2H3,(H,19,21). The van der Waals surface area contributed by atoms with Crippen molar-refractivity contribution >= 4 is 11.8 Å². The minimum Gasteiger partial charge on any atom is -0.358 e. The van der Waals surface area contributed by atoms with E-state index in [4.69, 9.17) is 0 Å². The van der Waals surface area contributed by atoms with Crippen LogP contribution < -0.4 is 5.32 Å². The topological polar surface area (TPSA) is 49.4 Å². The normalized spacial score (nSPS) is 15.4. The molecule has 1 fully saturated rings. The molecule has 1 N–H and O–H groups in total. The van der Waals surface area contributed by atoms with E-state index in [-0.39, 0.29) is 18.4 Å². The fourth-order valence-corrected chi connectivity index (χ4v) is 3.10. The molecule has 0 bridgehead atoms. The molecule has 2 rings (SSSR count). The fourth-order valence-electron chi connectivity index (χ4n) is 3.10. The van der Waals surface area contributed by atoms with Gasteiger partial charge in [-0.15, -0.1) is 0 Å². The van der Waals surface area contributed by atoms with E-state index < -0.39 is 0 Å². The van der Waals surface area contributed by atoms with Crippen LogP contribution in [0.25, 0.3) is 0 Å². The number of nitrogens with one attached hydrogen (secondary N) is 1. The van der Waals surface area contributed by atoms with Crippen LogP contribution in [0, 0.1) is 0 Å². The van der Waals surface area contributed by atoms with E-state index in [0.29, 0.717) is 18.0 Å². The van der Waals surface area contributed by atoms with E-state index in [0.717, 1.165) is 0 Å². The summed E-state index contributed by atoms with van der Waals surface area (Å²) in [5.41, 5.74) is 2.00. The molecule has 4 nitrogen and oxygen atoms in total. The maximum atomic E-state index is 12.5. The first-order chi connectivity index (χ1) is 10.7. The summed E-state index contributed by atoms with van der Waals surface area (Å²) in [6.45, 7) is 2.52. The van der Waals surface area contributed by atoms with Crippen LogP contribution in [0.3, 0.4) is 0 Å². The molecule has 22 heavy (non-hydrogen) atoms. The van der Waals surface area contributed by atoms with Gasteiger partial charge in [0, 0.05) is 19.2 Å². The summed E-state index contributed by atoms with van der Waals surface area (Å²) in [6.07, 6.45) is 6.47. The first-order valence-electron chi connectivity index (χ1n) is 8.25. The zero-order valence-corrected chi connectivity index (χ0v) is 13.6. The predicted octanol–water partition coefficient (Wildman–Crippen LogP) is 2.94. The number of rotatable bonds is 5. The fraction of sp³-hybridized carbons (Fsp3) is 0.556. The van der Waals surface area contributed by atoms with Crippen LogP contribution in [0.1, 0.15) is 60.9 Å². The van der Waals surface area contributed by atoms with Gasteiger partial charge in [0.1, 0.15) is 0 Å². The number of benzene rings is 1. The first-order valence-corrected chi connectivity index (χ1v) is 8.25. The van der Waals surface area contributed by atoms with Gasteiger partial charge in [0.25, 0.3) is 5.91 Å². The molecule has 0 unspecified atom stereocenters. The lowest BCUT2D eigenvalue weighted by molar-refractivity contribution is -0.121. The molecule has 1 aliphatic carbocycles. The maximum Gasteiger partial charge on any atom is 0.254 e. The van der Waals surface area contributed by atoms with Crippen molar-refractivity contribution in [2.75, 3.05) is 20.1 Å². The zero-order valence-electron chi connectivity index (χ0n) is 13.6. The van der Waals surface area contributed by atoms with Gasteiger partial charge in [-0.05, 0) is 43.4 Å². The zero-order chi connectivity index (χ0) is 15.9. The van der Waals surface area contributed by atoms with Crippen LogP contribution >= 0.6 is 0 Å². The third-order valence-electron chi connectivity index (χ3n) is 4.52. The number of nitrogens with zero attached hydrogens (tertiary/aromatic N) is 1. The number of likely N-dealkylation sites (N-methyl/N-ethyl adjacent to an activating group) is 2. The molecule has 1 aromatic carbocycles. The Labute approximate surface area is 132 Å². The van der Waals surface area contributed by atoms with Gasteiger partial charge in [0.2, 0.25) is 5.91 Å². The Hall–Kier alpha value is -1.84. The van der Waals surface area contributed by atoms with Crippen molar-refractivity contribution in [2.24, 2.45) is 0 Å². The van der Waals surface area contributed by atoms with Gasteiger partial charge >= 0.3 is 0 Å². The van der Waals surface area contributed by atoms with Gasteiger partial charge in [-0.3, -0.25) is 9.59 Å². The highest BCUT2D eigenvalue weighted by molar-refractivity contribution is 5.96. The molecule has 1 aromatic rings. The SMILES string of the molecule is CCN(CC(=O)NC)C(=O)c1ccc(C2CCCCC2)cc1. The number of hydrogen-bond donors (Lipinski definition) is 1. The largest absolute Gasteiger partial charge is 0.358 e. The summed E-state index contributed by atoms with van der Waals surface area (Å²) >= 11 is 0. The minimum absolute atomic E-state index is 0.0821. The molecule has 0 spiro atoms. The maximum absolute atomic E-state index is 12.5. The second-order valence-electron chi connectivity index (χ2n) is 5.95. The number of hydrogen-bond acceptors (Lipinski definition) is 2. The molecular weight excluding hydrogens is 276 g/mol. The molecule has 0 radical (unpaired) electrons. The highest BCUT2D eigenvalue weighted by atomic mass is 16.2. The van der Waals surface area contributed by atoms with Crippen molar-refractivity contribution in [3.63, 3.8) is 0 Å². The van der Waals surface area contributed by atoms with Crippen molar-refractivity contribution in [2.45, 2.75) is 44.9 Å². The summed E-state index contributed by atoms with van der Waals surface area (Å²) in [4.78, 5) is 25.5. The van der Waals surface area contributed by atoms with E-state index in [1.54, 1.807) is 11.9 Å². The third-order valence-corrected chi connectivity index (χ3v) is 4.52. The van der Waals surface area contributed by atoms with Crippen LogP contribution in [0.15, 0.2) is 24.3 Å². The highest BCUT2D eigenvalue weighted by Gasteiger charge is 2.19. The van der Waals surface area contributed by atoms with Crippen molar-refractivity contribution in [3.8, 4) is 0 Å². The number of carbonyl (C=O) groups is 2. The van der Waals surface area contributed by atoms with Gasteiger partial charge in [0.05, 0.1) is 6.54 Å². The van der Waals surface area contributed by atoms with Crippen molar-refractivity contribution in [3.05, 3.63) is 35.4 Å². The van der Waals surface area contributed by atoms with Crippen LogP contribution in [-0.2, 0) is 4.79 Å². The Kier molecular flexibility index (Phi) is 5.99. The predicted molar refractivity (Wildman–Crippen MR) is 87.9 cm³/mol. The van der Waals surface area contributed by atoms with Crippen LogP contribution in [0.2, 0.25) is 0 Å². The van der Waals surface area contributed by atoms with Crippen LogP contribution in [0.5, 0.6) is 0 Å². The summed E-state index contributed by atoms with van der Waals surface area (Å²) in [5.74, 6) is 0.418. The average molecular weight is 302 g/mol. The van der Waals surface area contributed by atoms with Crippen LogP contribution in [-0.4, -0.2) is 36.9 Å². The molecule has 1 saturated carbocycles. The quantitative estimate of drug-likeness (QED) is 0.909. The molecule has 2 amide bonds. The smallest absolute Gasteiger partial charge is 0.254 e. The minimum atomic E-state index is -0.144. The molecule has 0 heterocycles. The van der Waals surface area contributed by atoms with E-state index in [9.17, 15) is 9.59 Å². The molecule has 4 heteroatoms. The second-order valence-corrected chi connectivity index (χ2v) is 5.95. The second kappa shape index (κ2) is 7.97. The van der Waals surface area contributed by atoms with E-state index in [2.05, 4.69) is 17.4 Å². The third kappa shape index (κ3) is 4.09. The van der Waals surface area contributed by atoms with Crippen molar-refractivity contribution < 1.29 is 9.59 Å². The molecule has 120 valence electrons. The van der Waals surface area contributed by atoms with Gasteiger partial charge in [-0.2, -0.15) is 0 Å². The summed E-state index contributed by atoms with van der Waals surface area (Å²) < 4.78 is 0. The molecule has 0 aliphatic heterocycles. The Bertz CT molecular complexity index is 504. The van der Waals surface area contributed by atoms with Crippen LogP contribution in [0.4, 0.5) is 0 Å².